The maximum absolute atomic E-state index is 12.4. The van der Waals surface area contributed by atoms with E-state index in [9.17, 15) is 18.0 Å². The van der Waals surface area contributed by atoms with Crippen molar-refractivity contribution in [2.75, 3.05) is 0 Å². The third-order valence-corrected chi connectivity index (χ3v) is 1.86. The Kier molecular flexibility index (Phi) is 2.76. The number of ketones is 1. The Labute approximate surface area is 83.3 Å². The molecule has 1 atom stereocenters. The van der Waals surface area contributed by atoms with Crippen molar-refractivity contribution in [2.45, 2.75) is 18.6 Å². The van der Waals surface area contributed by atoms with E-state index in [1.54, 1.807) is 0 Å². The highest BCUT2D eigenvalue weighted by molar-refractivity contribution is 6.01. The van der Waals surface area contributed by atoms with Gasteiger partial charge in [-0.1, -0.05) is 0 Å². The van der Waals surface area contributed by atoms with Crippen molar-refractivity contribution in [2.24, 2.45) is 5.73 Å². The van der Waals surface area contributed by atoms with Crippen LogP contribution in [-0.2, 0) is 0 Å². The second kappa shape index (κ2) is 3.58. The van der Waals surface area contributed by atoms with Crippen molar-refractivity contribution in [3.63, 3.8) is 0 Å². The zero-order chi connectivity index (χ0) is 11.7. The molecule has 0 aromatic carbocycles. The van der Waals surface area contributed by atoms with E-state index >= 15 is 0 Å². The highest BCUT2D eigenvalue weighted by Gasteiger charge is 2.54. The summed E-state index contributed by atoms with van der Waals surface area (Å²) in [5.41, 5.74) is 1.58. The quantitative estimate of drug-likeness (QED) is 0.751. The van der Waals surface area contributed by atoms with Crippen LogP contribution in [0.4, 0.5) is 13.2 Å². The van der Waals surface area contributed by atoms with E-state index in [1.165, 1.54) is 6.20 Å². The Morgan fingerprint density at radius 1 is 1.40 bits per heavy atom. The van der Waals surface area contributed by atoms with E-state index in [-0.39, 0.29) is 0 Å². The molecule has 0 saturated heterocycles. The Hall–Kier alpha value is -1.50. The molecule has 0 aliphatic carbocycles. The van der Waals surface area contributed by atoms with E-state index in [4.69, 9.17) is 5.73 Å². The lowest BCUT2D eigenvalue weighted by molar-refractivity contribution is -0.166. The summed E-state index contributed by atoms with van der Waals surface area (Å²) in [5, 5.41) is 0. The molecule has 15 heavy (non-hydrogen) atoms. The number of hydrogen-bond acceptors (Lipinski definition) is 4. The fourth-order valence-electron chi connectivity index (χ4n) is 0.811. The van der Waals surface area contributed by atoms with Gasteiger partial charge in [-0.15, -0.1) is 0 Å². The van der Waals surface area contributed by atoms with Crippen LogP contribution < -0.4 is 5.73 Å². The number of halogens is 3. The summed E-state index contributed by atoms with van der Waals surface area (Å²) in [4.78, 5) is 18.3. The van der Waals surface area contributed by atoms with Crippen LogP contribution in [0.3, 0.4) is 0 Å². The maximum atomic E-state index is 12.4. The monoisotopic (exact) mass is 219 g/mol. The van der Waals surface area contributed by atoms with Crippen molar-refractivity contribution >= 4 is 5.78 Å². The molecule has 0 bridgehead atoms. The number of carbonyl (C=O) groups is 1. The molecule has 0 radical (unpaired) electrons. The first kappa shape index (κ1) is 11.6. The molecule has 1 heterocycles. The highest BCUT2D eigenvalue weighted by atomic mass is 19.4. The second-order valence-electron chi connectivity index (χ2n) is 3.12. The van der Waals surface area contributed by atoms with Gasteiger partial charge >= 0.3 is 6.18 Å². The smallest absolute Gasteiger partial charge is 0.311 e. The van der Waals surface area contributed by atoms with E-state index in [0.717, 1.165) is 12.4 Å². The molecule has 1 aromatic rings. The lowest BCUT2D eigenvalue weighted by Crippen LogP contribution is -2.57. The number of nitrogens with two attached hydrogens (primary N) is 1. The lowest BCUT2D eigenvalue weighted by Gasteiger charge is -2.25. The molecule has 82 valence electrons. The van der Waals surface area contributed by atoms with Gasteiger partial charge in [-0.05, 0) is 6.92 Å². The normalized spacial score (nSPS) is 15.8. The van der Waals surface area contributed by atoms with Crippen molar-refractivity contribution in [1.29, 1.82) is 0 Å². The van der Waals surface area contributed by atoms with Gasteiger partial charge in [0.1, 0.15) is 5.69 Å². The topological polar surface area (TPSA) is 68.9 Å². The number of carbonyl (C=O) groups excluding carboxylic acids is 1. The Morgan fingerprint density at radius 2 is 2.00 bits per heavy atom. The van der Waals surface area contributed by atoms with Gasteiger partial charge in [0, 0.05) is 12.4 Å². The minimum Gasteiger partial charge on any atom is -0.311 e. The summed E-state index contributed by atoms with van der Waals surface area (Å²) < 4.78 is 37.1. The van der Waals surface area contributed by atoms with Crippen LogP contribution in [0.15, 0.2) is 18.6 Å². The molecular weight excluding hydrogens is 211 g/mol. The van der Waals surface area contributed by atoms with E-state index in [2.05, 4.69) is 9.97 Å². The van der Waals surface area contributed by atoms with Crippen LogP contribution in [0.1, 0.15) is 17.4 Å². The number of aromatic nitrogens is 2. The van der Waals surface area contributed by atoms with E-state index in [1.807, 2.05) is 0 Å². The van der Waals surface area contributed by atoms with Gasteiger partial charge in [-0.25, -0.2) is 4.98 Å². The zero-order valence-electron chi connectivity index (χ0n) is 7.75. The summed E-state index contributed by atoms with van der Waals surface area (Å²) in [6.45, 7) is 0.601. The van der Waals surface area contributed by atoms with Gasteiger partial charge in [-0.3, -0.25) is 9.78 Å². The number of rotatable bonds is 2. The van der Waals surface area contributed by atoms with Gasteiger partial charge in [0.25, 0.3) is 0 Å². The summed E-state index contributed by atoms with van der Waals surface area (Å²) in [7, 11) is 0. The van der Waals surface area contributed by atoms with Crippen molar-refractivity contribution in [3.05, 3.63) is 24.3 Å². The Bertz CT molecular complexity index is 361. The summed E-state index contributed by atoms with van der Waals surface area (Å²) in [5.74, 6) is -1.30. The van der Waals surface area contributed by atoms with E-state index < -0.39 is 23.2 Å². The van der Waals surface area contributed by atoms with Crippen LogP contribution in [0.5, 0.6) is 0 Å². The molecule has 1 aromatic heterocycles. The fraction of sp³-hybridized carbons (Fsp3) is 0.375. The van der Waals surface area contributed by atoms with Crippen LogP contribution in [-0.4, -0.2) is 27.5 Å². The first-order chi connectivity index (χ1) is 6.77. The SMILES string of the molecule is CC(N)(C(=O)c1cnccn1)C(F)(F)F. The summed E-state index contributed by atoms with van der Waals surface area (Å²) in [6.07, 6.45) is -1.50. The molecular formula is C8H8F3N3O. The molecule has 0 saturated carbocycles. The third-order valence-electron chi connectivity index (χ3n) is 1.86. The minimum absolute atomic E-state index is 0.403. The molecule has 1 rings (SSSR count). The van der Waals surface area contributed by atoms with Crippen molar-refractivity contribution in [3.8, 4) is 0 Å². The second-order valence-corrected chi connectivity index (χ2v) is 3.12. The zero-order valence-corrected chi connectivity index (χ0v) is 7.75. The minimum atomic E-state index is -4.82. The molecule has 4 nitrogen and oxygen atoms in total. The fourth-order valence-corrected chi connectivity index (χ4v) is 0.811. The number of nitrogens with zero attached hydrogens (tertiary/aromatic N) is 2. The van der Waals surface area contributed by atoms with Crippen molar-refractivity contribution < 1.29 is 18.0 Å². The molecule has 0 aliphatic heterocycles. The average molecular weight is 219 g/mol. The predicted octanol–water partition coefficient (Wildman–Crippen LogP) is 0.939. The summed E-state index contributed by atoms with van der Waals surface area (Å²) >= 11 is 0. The van der Waals surface area contributed by atoms with Gasteiger partial charge in [0.2, 0.25) is 5.78 Å². The molecule has 2 N–H and O–H groups in total. The van der Waals surface area contributed by atoms with Crippen LogP contribution in [0.2, 0.25) is 0 Å². The molecule has 7 heteroatoms. The van der Waals surface area contributed by atoms with Crippen LogP contribution in [0, 0.1) is 0 Å². The predicted molar refractivity (Wildman–Crippen MR) is 45.0 cm³/mol. The van der Waals surface area contributed by atoms with Gasteiger partial charge in [0.15, 0.2) is 5.54 Å². The molecule has 0 amide bonds. The molecule has 1 unspecified atom stereocenters. The highest BCUT2D eigenvalue weighted by Crippen LogP contribution is 2.30. The van der Waals surface area contributed by atoms with Crippen LogP contribution in [0.25, 0.3) is 0 Å². The lowest BCUT2D eigenvalue weighted by atomic mass is 9.95. The van der Waals surface area contributed by atoms with Crippen molar-refractivity contribution in [1.82, 2.24) is 9.97 Å². The Balaban J connectivity index is 3.06. The Morgan fingerprint density at radius 3 is 2.40 bits per heavy atom. The van der Waals surface area contributed by atoms with Gasteiger partial charge < -0.3 is 5.73 Å². The molecule has 0 fully saturated rings. The standard InChI is InChI=1S/C8H8F3N3O/c1-7(12,8(9,10)11)6(15)5-4-13-2-3-14-5/h2-4H,12H2,1H3. The molecule has 0 aliphatic rings. The van der Waals surface area contributed by atoms with Crippen LogP contribution >= 0.6 is 0 Å². The van der Waals surface area contributed by atoms with Gasteiger partial charge in [0.05, 0.1) is 6.20 Å². The first-order valence-corrected chi connectivity index (χ1v) is 3.93. The third kappa shape index (κ3) is 2.12. The number of hydrogen-bond donors (Lipinski definition) is 1. The number of Topliss-reactive ketones (excluding diaryl/α,β-unsaturated/α-hetero) is 1. The largest absolute Gasteiger partial charge is 0.413 e. The molecule has 0 spiro atoms. The summed E-state index contributed by atoms with van der Waals surface area (Å²) in [6, 6.07) is 0. The number of alkyl halides is 3. The average Bonchev–Trinajstić information content (AvgIpc) is 2.16. The maximum Gasteiger partial charge on any atom is 0.413 e. The van der Waals surface area contributed by atoms with Gasteiger partial charge in [-0.2, -0.15) is 13.2 Å². The first-order valence-electron chi connectivity index (χ1n) is 3.93. The van der Waals surface area contributed by atoms with E-state index in [0.29, 0.717) is 6.92 Å².